The molecule has 0 spiro atoms. The zero-order valence-corrected chi connectivity index (χ0v) is 16.1. The van der Waals surface area contributed by atoms with Gasteiger partial charge in [-0.05, 0) is 67.6 Å². The Labute approximate surface area is 166 Å². The minimum atomic E-state index is -0.259. The van der Waals surface area contributed by atoms with E-state index in [0.29, 0.717) is 6.61 Å². The van der Waals surface area contributed by atoms with Gasteiger partial charge in [-0.15, -0.1) is 12.4 Å². The number of rotatable bonds is 7. The maximum Gasteiger partial charge on any atom is 0.123 e. The van der Waals surface area contributed by atoms with Crippen LogP contribution in [-0.4, -0.2) is 47.0 Å². The van der Waals surface area contributed by atoms with Crippen LogP contribution < -0.4 is 4.74 Å². The minimum Gasteiger partial charge on any atom is -0.508 e. The van der Waals surface area contributed by atoms with E-state index in [4.69, 9.17) is 4.74 Å². The Morgan fingerprint density at radius 3 is 2.48 bits per heavy atom. The van der Waals surface area contributed by atoms with Gasteiger partial charge in [0, 0.05) is 19.1 Å². The summed E-state index contributed by atoms with van der Waals surface area (Å²) in [7, 11) is 0. The van der Waals surface area contributed by atoms with E-state index in [1.165, 1.54) is 12.1 Å². The molecule has 0 amide bonds. The third kappa shape index (κ3) is 6.69. The highest BCUT2D eigenvalue weighted by Crippen LogP contribution is 2.22. The fraction of sp³-hybridized carbons (Fsp3) is 0.429. The summed E-state index contributed by atoms with van der Waals surface area (Å²) in [5.74, 6) is 0.758. The van der Waals surface area contributed by atoms with E-state index in [9.17, 15) is 14.6 Å². The van der Waals surface area contributed by atoms with Gasteiger partial charge in [-0.25, -0.2) is 4.39 Å². The smallest absolute Gasteiger partial charge is 0.123 e. The molecule has 2 N–H and O–H groups in total. The van der Waals surface area contributed by atoms with Crippen molar-refractivity contribution in [2.45, 2.75) is 37.8 Å². The van der Waals surface area contributed by atoms with Crippen molar-refractivity contribution in [2.75, 3.05) is 19.7 Å². The first-order valence-corrected chi connectivity index (χ1v) is 9.18. The van der Waals surface area contributed by atoms with Crippen molar-refractivity contribution in [3.63, 3.8) is 0 Å². The fourth-order valence-corrected chi connectivity index (χ4v) is 3.48. The summed E-state index contributed by atoms with van der Waals surface area (Å²) in [4.78, 5) is 2.40. The Hall–Kier alpha value is -1.82. The number of aliphatic hydroxyl groups is 1. The van der Waals surface area contributed by atoms with Crippen molar-refractivity contribution >= 4 is 12.4 Å². The highest BCUT2D eigenvalue weighted by atomic mass is 35.5. The van der Waals surface area contributed by atoms with Crippen LogP contribution in [0.1, 0.15) is 24.8 Å². The summed E-state index contributed by atoms with van der Waals surface area (Å²) in [6, 6.07) is 13.6. The van der Waals surface area contributed by atoms with Crippen LogP contribution in [0.15, 0.2) is 48.5 Å². The predicted octanol–water partition coefficient (Wildman–Crippen LogP) is 3.79. The highest BCUT2D eigenvalue weighted by Gasteiger charge is 2.27. The molecule has 0 bridgehead atoms. The van der Waals surface area contributed by atoms with Gasteiger partial charge in [0.05, 0.1) is 12.7 Å². The van der Waals surface area contributed by atoms with Crippen LogP contribution in [0.25, 0.3) is 0 Å². The Kier molecular flexibility index (Phi) is 8.35. The Balaban J connectivity index is 0.00000261. The third-order valence-corrected chi connectivity index (χ3v) is 4.89. The zero-order chi connectivity index (χ0) is 18.4. The maximum atomic E-state index is 13.1. The molecule has 2 aromatic rings. The van der Waals surface area contributed by atoms with Gasteiger partial charge in [0.25, 0.3) is 0 Å². The van der Waals surface area contributed by atoms with Crippen LogP contribution in [0.2, 0.25) is 0 Å². The Bertz CT molecular complexity index is 681. The van der Waals surface area contributed by atoms with Crippen molar-refractivity contribution in [1.82, 2.24) is 4.90 Å². The molecule has 2 aromatic carbocycles. The van der Waals surface area contributed by atoms with E-state index in [2.05, 4.69) is 4.90 Å². The quantitative estimate of drug-likeness (QED) is 0.700. The summed E-state index contributed by atoms with van der Waals surface area (Å²) >= 11 is 0. The van der Waals surface area contributed by atoms with Crippen LogP contribution in [0.5, 0.6) is 11.5 Å². The number of halogens is 2. The van der Waals surface area contributed by atoms with Crippen molar-refractivity contribution in [3.05, 3.63) is 59.9 Å². The molecule has 0 saturated carbocycles. The predicted molar refractivity (Wildman–Crippen MR) is 106 cm³/mol. The minimum absolute atomic E-state index is 0. The largest absolute Gasteiger partial charge is 0.508 e. The molecule has 1 aliphatic heterocycles. The van der Waals surface area contributed by atoms with Gasteiger partial charge in [0.1, 0.15) is 17.3 Å². The molecule has 2 atom stereocenters. The van der Waals surface area contributed by atoms with E-state index >= 15 is 0 Å². The highest BCUT2D eigenvalue weighted by molar-refractivity contribution is 5.85. The SMILES string of the molecule is Cl.Oc1ccc(OCCCN2CCC(O)CC2Cc2ccc(F)cc2)cc1. The lowest BCUT2D eigenvalue weighted by Gasteiger charge is -2.38. The van der Waals surface area contributed by atoms with E-state index in [-0.39, 0.29) is 36.1 Å². The lowest BCUT2D eigenvalue weighted by Crippen LogP contribution is -2.46. The maximum absolute atomic E-state index is 13.1. The number of aliphatic hydroxyl groups excluding tert-OH is 1. The molecule has 1 heterocycles. The lowest BCUT2D eigenvalue weighted by molar-refractivity contribution is 0.0391. The first kappa shape index (κ1) is 21.5. The van der Waals surface area contributed by atoms with Crippen LogP contribution in [-0.2, 0) is 6.42 Å². The topological polar surface area (TPSA) is 52.9 Å². The molecule has 27 heavy (non-hydrogen) atoms. The number of ether oxygens (including phenoxy) is 1. The van der Waals surface area contributed by atoms with E-state index < -0.39 is 0 Å². The number of hydrogen-bond acceptors (Lipinski definition) is 4. The van der Waals surface area contributed by atoms with E-state index in [1.54, 1.807) is 24.3 Å². The molecule has 1 saturated heterocycles. The van der Waals surface area contributed by atoms with E-state index in [1.807, 2.05) is 12.1 Å². The third-order valence-electron chi connectivity index (χ3n) is 4.89. The Morgan fingerprint density at radius 2 is 1.78 bits per heavy atom. The Morgan fingerprint density at radius 1 is 1.07 bits per heavy atom. The second kappa shape index (κ2) is 10.5. The molecule has 3 rings (SSSR count). The summed E-state index contributed by atoms with van der Waals surface area (Å²) < 4.78 is 18.8. The summed E-state index contributed by atoms with van der Waals surface area (Å²) in [6.45, 7) is 2.37. The molecule has 1 aliphatic rings. The number of aromatic hydroxyl groups is 1. The molecule has 0 radical (unpaired) electrons. The summed E-state index contributed by atoms with van der Waals surface area (Å²) in [5.41, 5.74) is 1.09. The van der Waals surface area contributed by atoms with Crippen LogP contribution in [0.4, 0.5) is 4.39 Å². The van der Waals surface area contributed by atoms with Crippen LogP contribution in [0, 0.1) is 5.82 Å². The summed E-state index contributed by atoms with van der Waals surface area (Å²) in [5, 5.41) is 19.3. The van der Waals surface area contributed by atoms with Gasteiger partial charge in [-0.3, -0.25) is 4.90 Å². The standard InChI is InChI=1S/C21H26FNO3.ClH/c22-17-4-2-16(3-5-17)14-18-15-20(25)10-12-23(18)11-1-13-26-21-8-6-19(24)7-9-21;/h2-9,18,20,24-25H,1,10-15H2;1H. The second-order valence-corrected chi connectivity index (χ2v) is 6.89. The first-order chi connectivity index (χ1) is 12.6. The lowest BCUT2D eigenvalue weighted by atomic mass is 9.93. The van der Waals surface area contributed by atoms with Gasteiger partial charge in [0.2, 0.25) is 0 Å². The molecule has 6 heteroatoms. The van der Waals surface area contributed by atoms with Crippen molar-refractivity contribution in [2.24, 2.45) is 0 Å². The van der Waals surface area contributed by atoms with Crippen molar-refractivity contribution < 1.29 is 19.3 Å². The van der Waals surface area contributed by atoms with Gasteiger partial charge in [0.15, 0.2) is 0 Å². The normalized spacial score (nSPS) is 20.1. The molecule has 1 fully saturated rings. The zero-order valence-electron chi connectivity index (χ0n) is 15.3. The number of benzene rings is 2. The molecule has 0 aromatic heterocycles. The molecule has 148 valence electrons. The molecular weight excluding hydrogens is 369 g/mol. The number of likely N-dealkylation sites (tertiary alicyclic amines) is 1. The van der Waals surface area contributed by atoms with Crippen molar-refractivity contribution in [3.8, 4) is 11.5 Å². The van der Waals surface area contributed by atoms with Crippen molar-refractivity contribution in [1.29, 1.82) is 0 Å². The monoisotopic (exact) mass is 395 g/mol. The second-order valence-electron chi connectivity index (χ2n) is 6.89. The van der Waals surface area contributed by atoms with E-state index in [0.717, 1.165) is 50.1 Å². The van der Waals surface area contributed by atoms with Crippen LogP contribution in [0.3, 0.4) is 0 Å². The number of piperidine rings is 1. The first-order valence-electron chi connectivity index (χ1n) is 9.18. The van der Waals surface area contributed by atoms with Gasteiger partial charge in [-0.2, -0.15) is 0 Å². The fourth-order valence-electron chi connectivity index (χ4n) is 3.48. The molecular formula is C21H27ClFNO3. The number of hydrogen-bond donors (Lipinski definition) is 2. The molecule has 4 nitrogen and oxygen atoms in total. The number of phenols is 1. The average molecular weight is 396 g/mol. The number of phenolic OH excluding ortho intramolecular Hbond substituents is 1. The molecule has 2 unspecified atom stereocenters. The van der Waals surface area contributed by atoms with Gasteiger partial charge in [-0.1, -0.05) is 12.1 Å². The van der Waals surface area contributed by atoms with Crippen LogP contribution >= 0.6 is 12.4 Å². The summed E-state index contributed by atoms with van der Waals surface area (Å²) in [6.07, 6.45) is 2.98. The van der Waals surface area contributed by atoms with Gasteiger partial charge >= 0.3 is 0 Å². The number of nitrogens with zero attached hydrogens (tertiary/aromatic N) is 1. The average Bonchev–Trinajstić information content (AvgIpc) is 2.64. The molecule has 0 aliphatic carbocycles. The van der Waals surface area contributed by atoms with Gasteiger partial charge < -0.3 is 14.9 Å².